The van der Waals surface area contributed by atoms with E-state index in [1.165, 1.54) is 18.9 Å². The molecule has 0 atom stereocenters. The lowest BCUT2D eigenvalue weighted by atomic mass is 10.1. The van der Waals surface area contributed by atoms with Gasteiger partial charge in [-0.2, -0.15) is 0 Å². The van der Waals surface area contributed by atoms with Crippen LogP contribution in [0.2, 0.25) is 0 Å². The van der Waals surface area contributed by atoms with Crippen molar-refractivity contribution < 1.29 is 14.3 Å². The number of carbonyl (C=O) groups excluding carboxylic acids is 1. The van der Waals surface area contributed by atoms with Gasteiger partial charge in [0.15, 0.2) is 5.16 Å². The van der Waals surface area contributed by atoms with Gasteiger partial charge in [-0.1, -0.05) is 30.0 Å². The zero-order chi connectivity index (χ0) is 19.2. The van der Waals surface area contributed by atoms with Gasteiger partial charge in [-0.05, 0) is 37.3 Å². The van der Waals surface area contributed by atoms with E-state index in [1.54, 1.807) is 22.8 Å². The van der Waals surface area contributed by atoms with Crippen LogP contribution in [0.25, 0.3) is 16.6 Å². The molecule has 3 rings (SSSR count). The summed E-state index contributed by atoms with van der Waals surface area (Å²) < 4.78 is 11.7. The summed E-state index contributed by atoms with van der Waals surface area (Å²) in [6.45, 7) is 3.14. The van der Waals surface area contributed by atoms with Crippen LogP contribution < -0.4 is 5.56 Å². The van der Waals surface area contributed by atoms with Gasteiger partial charge in [0.05, 0.1) is 35.9 Å². The van der Waals surface area contributed by atoms with Crippen LogP contribution in [0, 0.1) is 0 Å². The third-order valence-electron chi connectivity index (χ3n) is 3.94. The van der Waals surface area contributed by atoms with E-state index in [0.717, 1.165) is 5.69 Å². The molecule has 0 fully saturated rings. The SMILES string of the molecule is CCOCCSc1nc2cc(C(=O)OC)ccc2c(=O)n1-c1ccccc1. The normalized spacial score (nSPS) is 10.9. The van der Waals surface area contributed by atoms with Crippen LogP contribution in [0.15, 0.2) is 58.5 Å². The number of carbonyl (C=O) groups is 1. The number of esters is 1. The van der Waals surface area contributed by atoms with Gasteiger partial charge in [-0.3, -0.25) is 9.36 Å². The van der Waals surface area contributed by atoms with E-state index < -0.39 is 5.97 Å². The quantitative estimate of drug-likeness (QED) is 0.269. The van der Waals surface area contributed by atoms with Crippen LogP contribution >= 0.6 is 11.8 Å². The lowest BCUT2D eigenvalue weighted by molar-refractivity contribution is 0.0601. The Balaban J connectivity index is 2.14. The molecule has 1 aromatic heterocycles. The lowest BCUT2D eigenvalue weighted by Gasteiger charge is -2.13. The molecule has 0 aliphatic carbocycles. The van der Waals surface area contributed by atoms with Gasteiger partial charge in [-0.25, -0.2) is 9.78 Å². The second-order valence-corrected chi connectivity index (χ2v) is 6.70. The summed E-state index contributed by atoms with van der Waals surface area (Å²) in [4.78, 5) is 29.6. The number of para-hydroxylation sites is 1. The van der Waals surface area contributed by atoms with Crippen molar-refractivity contribution in [1.29, 1.82) is 0 Å². The highest BCUT2D eigenvalue weighted by Gasteiger charge is 2.15. The Bertz CT molecular complexity index is 1000. The van der Waals surface area contributed by atoms with Gasteiger partial charge >= 0.3 is 5.97 Å². The molecule has 140 valence electrons. The number of hydrogen-bond donors (Lipinski definition) is 0. The number of ether oxygens (including phenoxy) is 2. The Hall–Kier alpha value is -2.64. The zero-order valence-corrected chi connectivity index (χ0v) is 16.0. The van der Waals surface area contributed by atoms with E-state index in [-0.39, 0.29) is 5.56 Å². The van der Waals surface area contributed by atoms with Crippen molar-refractivity contribution in [2.75, 3.05) is 26.1 Å². The predicted octanol–water partition coefficient (Wildman–Crippen LogP) is 3.30. The van der Waals surface area contributed by atoms with Crippen molar-refractivity contribution in [3.05, 3.63) is 64.4 Å². The highest BCUT2D eigenvalue weighted by molar-refractivity contribution is 7.99. The molecule has 0 N–H and O–H groups in total. The van der Waals surface area contributed by atoms with E-state index in [1.807, 2.05) is 37.3 Å². The Morgan fingerprint density at radius 1 is 1.19 bits per heavy atom. The average Bonchev–Trinajstić information content (AvgIpc) is 2.71. The molecular weight excluding hydrogens is 364 g/mol. The molecule has 7 heteroatoms. The number of nitrogens with zero attached hydrogens (tertiary/aromatic N) is 2. The third-order valence-corrected chi connectivity index (χ3v) is 4.84. The molecular formula is C20H20N2O4S. The highest BCUT2D eigenvalue weighted by atomic mass is 32.2. The maximum atomic E-state index is 13.2. The monoisotopic (exact) mass is 384 g/mol. The molecule has 0 bridgehead atoms. The summed E-state index contributed by atoms with van der Waals surface area (Å²) in [6.07, 6.45) is 0. The summed E-state index contributed by atoms with van der Waals surface area (Å²) in [7, 11) is 1.32. The lowest BCUT2D eigenvalue weighted by Crippen LogP contribution is -2.22. The molecule has 27 heavy (non-hydrogen) atoms. The minimum Gasteiger partial charge on any atom is -0.465 e. The predicted molar refractivity (Wildman–Crippen MR) is 106 cm³/mol. The summed E-state index contributed by atoms with van der Waals surface area (Å²) in [5.41, 5.74) is 1.39. The van der Waals surface area contributed by atoms with Crippen LogP contribution in [0.5, 0.6) is 0 Å². The summed E-state index contributed by atoms with van der Waals surface area (Å²) in [5, 5.41) is 1.00. The molecule has 0 radical (unpaired) electrons. The van der Waals surface area contributed by atoms with Gasteiger partial charge in [-0.15, -0.1) is 0 Å². The van der Waals surface area contributed by atoms with E-state index in [0.29, 0.717) is 40.6 Å². The molecule has 0 saturated carbocycles. The molecule has 0 saturated heterocycles. The van der Waals surface area contributed by atoms with Gasteiger partial charge in [0.1, 0.15) is 0 Å². The Morgan fingerprint density at radius 3 is 2.67 bits per heavy atom. The van der Waals surface area contributed by atoms with E-state index in [2.05, 4.69) is 4.98 Å². The topological polar surface area (TPSA) is 70.4 Å². The zero-order valence-electron chi connectivity index (χ0n) is 15.2. The average molecular weight is 384 g/mol. The van der Waals surface area contributed by atoms with Crippen LogP contribution in [-0.4, -0.2) is 41.6 Å². The van der Waals surface area contributed by atoms with Crippen molar-refractivity contribution in [2.45, 2.75) is 12.1 Å². The molecule has 0 aliphatic heterocycles. The van der Waals surface area contributed by atoms with Crippen LogP contribution in [0.1, 0.15) is 17.3 Å². The van der Waals surface area contributed by atoms with Crippen molar-refractivity contribution >= 4 is 28.6 Å². The molecule has 0 amide bonds. The fourth-order valence-electron chi connectivity index (χ4n) is 2.65. The highest BCUT2D eigenvalue weighted by Crippen LogP contribution is 2.22. The summed E-state index contributed by atoms with van der Waals surface area (Å²) in [5.74, 6) is 0.200. The van der Waals surface area contributed by atoms with Gasteiger partial charge in [0.25, 0.3) is 5.56 Å². The maximum Gasteiger partial charge on any atom is 0.337 e. The van der Waals surface area contributed by atoms with E-state index in [9.17, 15) is 9.59 Å². The molecule has 0 unspecified atom stereocenters. The minimum absolute atomic E-state index is 0.179. The number of fused-ring (bicyclic) bond motifs is 1. The van der Waals surface area contributed by atoms with Crippen LogP contribution in [-0.2, 0) is 9.47 Å². The van der Waals surface area contributed by atoms with Gasteiger partial charge in [0.2, 0.25) is 0 Å². The molecule has 0 spiro atoms. The van der Waals surface area contributed by atoms with Crippen LogP contribution in [0.3, 0.4) is 0 Å². The first-order valence-corrected chi connectivity index (χ1v) is 9.55. The largest absolute Gasteiger partial charge is 0.465 e. The van der Waals surface area contributed by atoms with Crippen molar-refractivity contribution in [1.82, 2.24) is 9.55 Å². The molecule has 2 aromatic carbocycles. The smallest absolute Gasteiger partial charge is 0.337 e. The molecule has 3 aromatic rings. The standard InChI is InChI=1S/C20H20N2O4S/c1-3-26-11-12-27-20-21-17-13-14(19(24)25-2)9-10-16(17)18(23)22(20)15-7-5-4-6-8-15/h4-10,13H,3,11-12H2,1-2H3. The number of aromatic nitrogens is 2. The number of rotatable bonds is 7. The summed E-state index contributed by atoms with van der Waals surface area (Å²) in [6, 6.07) is 14.2. The number of methoxy groups -OCH3 is 1. The van der Waals surface area contributed by atoms with Crippen molar-refractivity contribution in [2.24, 2.45) is 0 Å². The Morgan fingerprint density at radius 2 is 1.96 bits per heavy atom. The van der Waals surface area contributed by atoms with Crippen molar-refractivity contribution in [3.63, 3.8) is 0 Å². The molecule has 0 aliphatic rings. The number of thioether (sulfide) groups is 1. The number of hydrogen-bond acceptors (Lipinski definition) is 6. The Kier molecular flexibility index (Phi) is 6.26. The fourth-order valence-corrected chi connectivity index (χ4v) is 3.51. The number of benzene rings is 2. The van der Waals surface area contributed by atoms with E-state index in [4.69, 9.17) is 9.47 Å². The Labute approximate surface area is 161 Å². The molecule has 1 heterocycles. The summed E-state index contributed by atoms with van der Waals surface area (Å²) >= 11 is 1.44. The van der Waals surface area contributed by atoms with Crippen molar-refractivity contribution in [3.8, 4) is 5.69 Å². The maximum absolute atomic E-state index is 13.2. The fraction of sp³-hybridized carbons (Fsp3) is 0.250. The first kappa shape index (κ1) is 19.1. The minimum atomic E-state index is -0.462. The molecule has 6 nitrogen and oxygen atoms in total. The first-order chi connectivity index (χ1) is 13.2. The first-order valence-electron chi connectivity index (χ1n) is 8.56. The van der Waals surface area contributed by atoms with E-state index >= 15 is 0 Å². The van der Waals surface area contributed by atoms with Crippen LogP contribution in [0.4, 0.5) is 0 Å². The third kappa shape index (κ3) is 4.20. The van der Waals surface area contributed by atoms with Gasteiger partial charge in [0, 0.05) is 12.4 Å². The van der Waals surface area contributed by atoms with Gasteiger partial charge < -0.3 is 9.47 Å². The second kappa shape index (κ2) is 8.83. The second-order valence-electron chi connectivity index (χ2n) is 5.64.